The van der Waals surface area contributed by atoms with E-state index in [1.54, 1.807) is 38.1 Å². The summed E-state index contributed by atoms with van der Waals surface area (Å²) in [6, 6.07) is 10.5. The van der Waals surface area contributed by atoms with Crippen molar-refractivity contribution in [2.45, 2.75) is 19.9 Å². The van der Waals surface area contributed by atoms with Crippen molar-refractivity contribution in [1.82, 2.24) is 4.98 Å². The van der Waals surface area contributed by atoms with Gasteiger partial charge in [-0.2, -0.15) is 0 Å². The fourth-order valence-corrected chi connectivity index (χ4v) is 4.90. The molecule has 37 heavy (non-hydrogen) atoms. The van der Waals surface area contributed by atoms with Gasteiger partial charge < -0.3 is 14.6 Å². The first-order chi connectivity index (χ1) is 17.8. The van der Waals surface area contributed by atoms with Crippen LogP contribution in [-0.4, -0.2) is 41.0 Å². The van der Waals surface area contributed by atoms with Crippen molar-refractivity contribution in [3.8, 4) is 5.75 Å². The minimum absolute atomic E-state index is 0.00290. The molecule has 1 aliphatic heterocycles. The van der Waals surface area contributed by atoms with Gasteiger partial charge in [-0.15, -0.1) is 0 Å². The number of carbonyl (C=O) groups is 3. The predicted octanol–water partition coefficient (Wildman–Crippen LogP) is 4.96. The lowest BCUT2D eigenvalue weighted by Gasteiger charge is -2.23. The number of benzene rings is 2. The molecule has 8 nitrogen and oxygen atoms in total. The lowest BCUT2D eigenvalue weighted by atomic mass is 9.95. The minimum atomic E-state index is -1.32. The fraction of sp³-hybridized carbons (Fsp3) is 0.185. The zero-order valence-corrected chi connectivity index (χ0v) is 20.9. The van der Waals surface area contributed by atoms with E-state index in [9.17, 15) is 19.5 Å². The van der Waals surface area contributed by atoms with Gasteiger partial charge in [0, 0.05) is 11.1 Å². The Morgan fingerprint density at radius 3 is 2.57 bits per heavy atom. The summed E-state index contributed by atoms with van der Waals surface area (Å²) in [6.07, 6.45) is 1.58. The van der Waals surface area contributed by atoms with Crippen molar-refractivity contribution in [3.05, 3.63) is 94.3 Å². The van der Waals surface area contributed by atoms with Gasteiger partial charge in [0.1, 0.15) is 34.9 Å². The Bertz CT molecular complexity index is 1410. The van der Waals surface area contributed by atoms with E-state index in [1.165, 1.54) is 30.3 Å². The number of ether oxygens (including phenoxy) is 2. The van der Waals surface area contributed by atoms with Crippen molar-refractivity contribution in [1.29, 1.82) is 0 Å². The van der Waals surface area contributed by atoms with Gasteiger partial charge in [-0.25, -0.2) is 14.2 Å². The van der Waals surface area contributed by atoms with Crippen LogP contribution in [0.2, 0.25) is 0 Å². The van der Waals surface area contributed by atoms with E-state index in [0.717, 1.165) is 16.2 Å². The van der Waals surface area contributed by atoms with Gasteiger partial charge in [-0.1, -0.05) is 42.2 Å². The monoisotopic (exact) mass is 522 g/mol. The number of carbonyl (C=O) groups excluding carboxylic acids is 3. The first kappa shape index (κ1) is 25.8. The average Bonchev–Trinajstić information content (AvgIpc) is 3.39. The number of aryl methyl sites for hydroxylation is 1. The van der Waals surface area contributed by atoms with Gasteiger partial charge in [-0.3, -0.25) is 14.5 Å². The maximum Gasteiger partial charge on any atom is 0.350 e. The van der Waals surface area contributed by atoms with Crippen LogP contribution in [-0.2, 0) is 14.3 Å². The number of aliphatic hydroxyl groups is 1. The number of hydrogen-bond donors (Lipinski definition) is 1. The van der Waals surface area contributed by atoms with Crippen LogP contribution in [0.5, 0.6) is 5.75 Å². The van der Waals surface area contributed by atoms with Crippen LogP contribution >= 0.6 is 11.3 Å². The van der Waals surface area contributed by atoms with Gasteiger partial charge in [-0.05, 0) is 44.2 Å². The second-order valence-corrected chi connectivity index (χ2v) is 8.92. The van der Waals surface area contributed by atoms with Crippen LogP contribution in [0, 0.1) is 12.7 Å². The molecule has 3 aromatic rings. The molecule has 2 heterocycles. The van der Waals surface area contributed by atoms with E-state index < -0.39 is 35.3 Å². The molecule has 0 saturated carbocycles. The number of rotatable bonds is 8. The van der Waals surface area contributed by atoms with E-state index in [2.05, 4.69) is 11.6 Å². The maximum atomic E-state index is 15.0. The molecule has 1 aliphatic rings. The number of thiazole rings is 1. The second-order valence-electron chi connectivity index (χ2n) is 7.95. The third-order valence-corrected chi connectivity index (χ3v) is 6.73. The van der Waals surface area contributed by atoms with E-state index in [4.69, 9.17) is 9.47 Å². The van der Waals surface area contributed by atoms with Crippen molar-refractivity contribution in [3.63, 3.8) is 0 Å². The summed E-state index contributed by atoms with van der Waals surface area (Å²) in [6.45, 7) is 7.23. The van der Waals surface area contributed by atoms with Crippen molar-refractivity contribution in [2.75, 3.05) is 18.1 Å². The van der Waals surface area contributed by atoms with Crippen molar-refractivity contribution in [2.24, 2.45) is 0 Å². The van der Waals surface area contributed by atoms with Crippen LogP contribution in [0.3, 0.4) is 0 Å². The number of hydrogen-bond acceptors (Lipinski definition) is 8. The summed E-state index contributed by atoms with van der Waals surface area (Å²) in [7, 11) is 0. The Morgan fingerprint density at radius 1 is 1.22 bits per heavy atom. The number of aliphatic hydroxyl groups excluding tert-OH is 1. The van der Waals surface area contributed by atoms with Crippen molar-refractivity contribution >= 4 is 39.9 Å². The molecule has 2 aromatic carbocycles. The highest BCUT2D eigenvalue weighted by molar-refractivity contribution is 7.17. The molecule has 0 radical (unpaired) electrons. The summed E-state index contributed by atoms with van der Waals surface area (Å²) in [4.78, 5) is 44.3. The summed E-state index contributed by atoms with van der Waals surface area (Å²) in [5.41, 5.74) is 0.204. The first-order valence-electron chi connectivity index (χ1n) is 11.3. The van der Waals surface area contributed by atoms with Gasteiger partial charge in [0.05, 0.1) is 17.9 Å². The number of nitrogens with zero attached hydrogens (tertiary/aromatic N) is 2. The fourth-order valence-electron chi connectivity index (χ4n) is 3.91. The molecule has 1 aromatic heterocycles. The zero-order valence-electron chi connectivity index (χ0n) is 20.1. The molecule has 1 atom stereocenters. The molecular formula is C27H23FN2O6S. The molecule has 1 fully saturated rings. The third-order valence-electron chi connectivity index (χ3n) is 5.59. The van der Waals surface area contributed by atoms with E-state index in [1.807, 2.05) is 0 Å². The molecule has 0 spiro atoms. The Balaban J connectivity index is 1.86. The van der Waals surface area contributed by atoms with Crippen LogP contribution in [0.25, 0.3) is 5.76 Å². The minimum Gasteiger partial charge on any atom is -0.507 e. The lowest BCUT2D eigenvalue weighted by Crippen LogP contribution is -2.29. The summed E-state index contributed by atoms with van der Waals surface area (Å²) >= 11 is 0.850. The van der Waals surface area contributed by atoms with Crippen LogP contribution in [0.1, 0.15) is 39.5 Å². The summed E-state index contributed by atoms with van der Waals surface area (Å²) in [5.74, 6) is -3.30. The molecule has 0 bridgehead atoms. The number of ketones is 1. The first-order valence-corrected chi connectivity index (χ1v) is 12.1. The van der Waals surface area contributed by atoms with E-state index >= 15 is 4.39 Å². The molecular weight excluding hydrogens is 499 g/mol. The average molecular weight is 523 g/mol. The highest BCUT2D eigenvalue weighted by Crippen LogP contribution is 2.44. The normalized spacial score (nSPS) is 16.6. The second kappa shape index (κ2) is 10.8. The number of halogens is 1. The SMILES string of the molecule is C=CCOc1ccc(/C(O)=C2\C(=O)C(=O)N(c3nc(C)c(C(=O)OCC)s3)[C@H]2c2ccccc2F)cc1. The molecule has 0 unspecified atom stereocenters. The molecule has 0 aliphatic carbocycles. The van der Waals surface area contributed by atoms with Crippen LogP contribution in [0.4, 0.5) is 9.52 Å². The Kier molecular flexibility index (Phi) is 7.49. The third kappa shape index (κ3) is 4.88. The van der Waals surface area contributed by atoms with Crippen molar-refractivity contribution < 1.29 is 33.4 Å². The van der Waals surface area contributed by atoms with E-state index in [0.29, 0.717) is 11.4 Å². The molecule has 1 N–H and O–H groups in total. The van der Waals surface area contributed by atoms with Crippen LogP contribution < -0.4 is 9.64 Å². The number of amides is 1. The highest BCUT2D eigenvalue weighted by Gasteiger charge is 2.49. The largest absolute Gasteiger partial charge is 0.507 e. The van der Waals surface area contributed by atoms with Gasteiger partial charge in [0.15, 0.2) is 5.13 Å². The number of anilines is 1. The molecule has 1 amide bonds. The number of Topliss-reactive ketones (excluding diaryl/α,β-unsaturated/α-hetero) is 1. The Labute approximate surface area is 216 Å². The predicted molar refractivity (Wildman–Crippen MR) is 136 cm³/mol. The number of esters is 1. The Morgan fingerprint density at radius 2 is 1.92 bits per heavy atom. The topological polar surface area (TPSA) is 106 Å². The van der Waals surface area contributed by atoms with Crippen LogP contribution in [0.15, 0.2) is 66.8 Å². The zero-order chi connectivity index (χ0) is 26.7. The molecule has 190 valence electrons. The van der Waals surface area contributed by atoms with Gasteiger partial charge in [0.2, 0.25) is 0 Å². The molecule has 10 heteroatoms. The van der Waals surface area contributed by atoms with Gasteiger partial charge >= 0.3 is 11.9 Å². The lowest BCUT2D eigenvalue weighted by molar-refractivity contribution is -0.132. The highest BCUT2D eigenvalue weighted by atomic mass is 32.1. The standard InChI is InChI=1S/C27H23FN2O6S/c1-4-14-36-17-12-10-16(11-13-17)22(31)20-21(18-8-6-7-9-19(18)28)30(25(33)23(20)32)27-29-15(3)24(37-27)26(34)35-5-2/h4,6-13,21,31H,1,5,14H2,2-3H3/b22-20+/t21-/m0/s1. The summed E-state index contributed by atoms with van der Waals surface area (Å²) in [5, 5.41) is 11.2. The van der Waals surface area contributed by atoms with Gasteiger partial charge in [0.25, 0.3) is 5.78 Å². The number of aromatic nitrogens is 1. The molecule has 4 rings (SSSR count). The maximum absolute atomic E-state index is 15.0. The quantitative estimate of drug-likeness (QED) is 0.147. The summed E-state index contributed by atoms with van der Waals surface area (Å²) < 4.78 is 25.5. The Hall–Kier alpha value is -4.31. The van der Waals surface area contributed by atoms with E-state index in [-0.39, 0.29) is 39.9 Å². The smallest absolute Gasteiger partial charge is 0.350 e. The molecule has 1 saturated heterocycles.